The van der Waals surface area contributed by atoms with Crippen molar-refractivity contribution in [2.45, 2.75) is 24.1 Å². The molecule has 25 heavy (non-hydrogen) atoms. The molecular formula is C17H21NO6S. The fourth-order valence-electron chi connectivity index (χ4n) is 2.34. The summed E-state index contributed by atoms with van der Waals surface area (Å²) in [5.41, 5.74) is 0.904. The molecule has 1 heterocycles. The van der Waals surface area contributed by atoms with Crippen LogP contribution >= 0.6 is 0 Å². The summed E-state index contributed by atoms with van der Waals surface area (Å²) in [5, 5.41) is 10.2. The molecule has 7 nitrogen and oxygen atoms in total. The topological polar surface area (TPSA) is 93.1 Å². The Morgan fingerprint density at radius 2 is 1.96 bits per heavy atom. The number of hydrogen-bond donors (Lipinski definition) is 1. The molecule has 0 bridgehead atoms. The molecule has 1 N–H and O–H groups in total. The SMILES string of the molecule is COCOC/C=C\[C@H]1C(=O)C=C[C@H](O)N1S(=O)(=O)c1ccc(C)cc1. The van der Waals surface area contributed by atoms with Gasteiger partial charge in [-0.05, 0) is 31.2 Å². The summed E-state index contributed by atoms with van der Waals surface area (Å²) in [5.74, 6) is -0.441. The van der Waals surface area contributed by atoms with Gasteiger partial charge in [0.2, 0.25) is 10.0 Å². The van der Waals surface area contributed by atoms with E-state index in [1.165, 1.54) is 37.5 Å². The summed E-state index contributed by atoms with van der Waals surface area (Å²) in [6, 6.07) is 5.07. The lowest BCUT2D eigenvalue weighted by Crippen LogP contribution is -2.51. The van der Waals surface area contributed by atoms with Crippen LogP contribution in [0, 0.1) is 6.92 Å². The number of aryl methyl sites for hydroxylation is 1. The number of ketones is 1. The Balaban J connectivity index is 2.31. The monoisotopic (exact) mass is 367 g/mol. The van der Waals surface area contributed by atoms with Crippen molar-refractivity contribution in [3.8, 4) is 0 Å². The van der Waals surface area contributed by atoms with E-state index in [9.17, 15) is 18.3 Å². The first-order chi connectivity index (χ1) is 11.9. The third kappa shape index (κ3) is 4.62. The third-order valence-electron chi connectivity index (χ3n) is 3.59. The van der Waals surface area contributed by atoms with E-state index in [0.717, 1.165) is 15.9 Å². The highest BCUT2D eigenvalue weighted by atomic mass is 32.2. The molecule has 8 heteroatoms. The standard InChI is InChI=1S/C17H21NO6S/c1-13-5-7-14(8-6-13)25(21,22)18-15(4-3-11-24-12-23-2)16(19)9-10-17(18)20/h3-10,15,17,20H,11-12H2,1-2H3/b4-3-/t15-,17-/m0/s1. The number of methoxy groups -OCH3 is 1. The second-order valence-electron chi connectivity index (χ2n) is 5.47. The summed E-state index contributed by atoms with van der Waals surface area (Å²) in [6.07, 6.45) is 3.82. The average Bonchev–Trinajstić information content (AvgIpc) is 2.57. The first kappa shape index (κ1) is 19.5. The van der Waals surface area contributed by atoms with Crippen molar-refractivity contribution in [2.75, 3.05) is 20.5 Å². The van der Waals surface area contributed by atoms with Gasteiger partial charge in [-0.15, -0.1) is 0 Å². The molecule has 0 radical (unpaired) electrons. The van der Waals surface area contributed by atoms with E-state index in [4.69, 9.17) is 9.47 Å². The van der Waals surface area contributed by atoms with Gasteiger partial charge in [0.15, 0.2) is 5.78 Å². The fourth-order valence-corrected chi connectivity index (χ4v) is 3.89. The van der Waals surface area contributed by atoms with Crippen LogP contribution in [0.5, 0.6) is 0 Å². The molecule has 0 saturated carbocycles. The summed E-state index contributed by atoms with van der Waals surface area (Å²) >= 11 is 0. The molecule has 136 valence electrons. The van der Waals surface area contributed by atoms with Crippen LogP contribution < -0.4 is 0 Å². The number of rotatable bonds is 7. The minimum absolute atomic E-state index is 0.00860. The molecule has 2 rings (SSSR count). The predicted octanol–water partition coefficient (Wildman–Crippen LogP) is 0.988. The number of hydrogen-bond acceptors (Lipinski definition) is 6. The molecule has 0 amide bonds. The van der Waals surface area contributed by atoms with Gasteiger partial charge in [0.1, 0.15) is 19.1 Å². The Morgan fingerprint density at radius 1 is 1.28 bits per heavy atom. The quantitative estimate of drug-likeness (QED) is 0.439. The van der Waals surface area contributed by atoms with Crippen molar-refractivity contribution in [3.05, 3.63) is 54.1 Å². The largest absolute Gasteiger partial charge is 0.374 e. The van der Waals surface area contributed by atoms with Crippen LogP contribution in [0.1, 0.15) is 5.56 Å². The van der Waals surface area contributed by atoms with Crippen molar-refractivity contribution >= 4 is 15.8 Å². The lowest BCUT2D eigenvalue weighted by molar-refractivity contribution is -0.119. The molecule has 0 unspecified atom stereocenters. The predicted molar refractivity (Wildman–Crippen MR) is 91.1 cm³/mol. The lowest BCUT2D eigenvalue weighted by Gasteiger charge is -2.32. The number of aliphatic hydroxyl groups excluding tert-OH is 1. The summed E-state index contributed by atoms with van der Waals surface area (Å²) < 4.78 is 36.4. The van der Waals surface area contributed by atoms with Crippen molar-refractivity contribution in [1.82, 2.24) is 4.31 Å². The Kier molecular flexibility index (Phi) is 6.63. The number of sulfonamides is 1. The lowest BCUT2D eigenvalue weighted by atomic mass is 10.1. The molecule has 0 fully saturated rings. The Morgan fingerprint density at radius 3 is 2.60 bits per heavy atom. The molecular weight excluding hydrogens is 346 g/mol. The summed E-state index contributed by atoms with van der Waals surface area (Å²) in [4.78, 5) is 12.2. The highest BCUT2D eigenvalue weighted by molar-refractivity contribution is 7.89. The maximum atomic E-state index is 12.9. The molecule has 1 aliphatic rings. The Bertz CT molecular complexity index is 754. The van der Waals surface area contributed by atoms with Crippen LogP contribution in [0.3, 0.4) is 0 Å². The van der Waals surface area contributed by atoms with Gasteiger partial charge in [-0.3, -0.25) is 4.79 Å². The van der Waals surface area contributed by atoms with Crippen LogP contribution in [0.4, 0.5) is 0 Å². The number of nitrogens with zero attached hydrogens (tertiary/aromatic N) is 1. The molecule has 0 aliphatic carbocycles. The van der Waals surface area contributed by atoms with E-state index in [1.807, 2.05) is 6.92 Å². The molecule has 0 aromatic heterocycles. The molecule has 1 aromatic rings. The highest BCUT2D eigenvalue weighted by Gasteiger charge is 2.39. The fraction of sp³-hybridized carbons (Fsp3) is 0.353. The smallest absolute Gasteiger partial charge is 0.246 e. The first-order valence-corrected chi connectivity index (χ1v) is 9.05. The zero-order valence-corrected chi connectivity index (χ0v) is 14.8. The second-order valence-corrected chi connectivity index (χ2v) is 7.32. The van der Waals surface area contributed by atoms with Gasteiger partial charge in [-0.1, -0.05) is 29.8 Å². The molecule has 1 aromatic carbocycles. The summed E-state index contributed by atoms with van der Waals surface area (Å²) in [7, 11) is -2.59. The highest BCUT2D eigenvalue weighted by Crippen LogP contribution is 2.25. The Hall–Kier alpha value is -1.84. The maximum Gasteiger partial charge on any atom is 0.246 e. The van der Waals surface area contributed by atoms with E-state index in [1.54, 1.807) is 12.1 Å². The number of carbonyl (C=O) groups excluding carboxylic acids is 1. The van der Waals surface area contributed by atoms with Gasteiger partial charge >= 0.3 is 0 Å². The molecule has 0 saturated heterocycles. The normalized spacial score (nSPS) is 22.0. The van der Waals surface area contributed by atoms with Crippen LogP contribution in [0.2, 0.25) is 0 Å². The molecule has 2 atom stereocenters. The minimum Gasteiger partial charge on any atom is -0.374 e. The van der Waals surface area contributed by atoms with E-state index in [2.05, 4.69) is 0 Å². The number of carbonyl (C=O) groups is 1. The summed E-state index contributed by atoms with van der Waals surface area (Å²) in [6.45, 7) is 2.07. The van der Waals surface area contributed by atoms with Gasteiger partial charge in [-0.25, -0.2) is 8.42 Å². The van der Waals surface area contributed by atoms with Crippen LogP contribution in [-0.4, -0.2) is 56.4 Å². The number of benzene rings is 1. The van der Waals surface area contributed by atoms with Gasteiger partial charge < -0.3 is 14.6 Å². The van der Waals surface area contributed by atoms with E-state index >= 15 is 0 Å². The van der Waals surface area contributed by atoms with Gasteiger partial charge in [0, 0.05) is 7.11 Å². The van der Waals surface area contributed by atoms with Gasteiger partial charge in [-0.2, -0.15) is 4.31 Å². The third-order valence-corrected chi connectivity index (χ3v) is 5.46. The average molecular weight is 367 g/mol. The number of aliphatic hydroxyl groups is 1. The van der Waals surface area contributed by atoms with Crippen molar-refractivity contribution in [2.24, 2.45) is 0 Å². The second kappa shape index (κ2) is 8.50. The van der Waals surface area contributed by atoms with E-state index < -0.39 is 28.1 Å². The van der Waals surface area contributed by atoms with E-state index in [-0.39, 0.29) is 18.3 Å². The van der Waals surface area contributed by atoms with Crippen molar-refractivity contribution in [1.29, 1.82) is 0 Å². The maximum absolute atomic E-state index is 12.9. The van der Waals surface area contributed by atoms with Crippen LogP contribution in [0.15, 0.2) is 53.5 Å². The van der Waals surface area contributed by atoms with Crippen LogP contribution in [-0.2, 0) is 24.3 Å². The molecule has 1 aliphatic heterocycles. The van der Waals surface area contributed by atoms with Crippen molar-refractivity contribution in [3.63, 3.8) is 0 Å². The first-order valence-electron chi connectivity index (χ1n) is 7.61. The Labute approximate surface area is 147 Å². The zero-order chi connectivity index (χ0) is 18.4. The minimum atomic E-state index is -4.06. The number of ether oxygens (including phenoxy) is 2. The van der Waals surface area contributed by atoms with Gasteiger partial charge in [0.25, 0.3) is 0 Å². The van der Waals surface area contributed by atoms with Crippen LogP contribution in [0.25, 0.3) is 0 Å². The van der Waals surface area contributed by atoms with Gasteiger partial charge in [0.05, 0.1) is 11.5 Å². The van der Waals surface area contributed by atoms with E-state index in [0.29, 0.717) is 0 Å². The van der Waals surface area contributed by atoms with Crippen molar-refractivity contribution < 1.29 is 27.8 Å². The molecule has 0 spiro atoms. The zero-order valence-electron chi connectivity index (χ0n) is 14.0.